The lowest BCUT2D eigenvalue weighted by Crippen LogP contribution is -2.27. The molecule has 0 fully saturated rings. The Morgan fingerprint density at radius 3 is 2.68 bits per heavy atom. The van der Waals surface area contributed by atoms with Crippen LogP contribution in [0.2, 0.25) is 0 Å². The lowest BCUT2D eigenvalue weighted by atomic mass is 9.85. The Bertz CT molecular complexity index is 609. The number of nitriles is 1. The summed E-state index contributed by atoms with van der Waals surface area (Å²) in [7, 11) is 1.88. The Labute approximate surface area is 113 Å². The summed E-state index contributed by atoms with van der Waals surface area (Å²) < 4.78 is 5.56. The van der Waals surface area contributed by atoms with Crippen molar-refractivity contribution in [3.63, 3.8) is 0 Å². The summed E-state index contributed by atoms with van der Waals surface area (Å²) in [5.74, 6) is 0.870. The van der Waals surface area contributed by atoms with Crippen LogP contribution in [0.25, 0.3) is 11.1 Å². The molecule has 2 atom stereocenters. The van der Waals surface area contributed by atoms with E-state index in [-0.39, 0.29) is 17.9 Å². The molecule has 4 heteroatoms. The zero-order chi connectivity index (χ0) is 14.0. The summed E-state index contributed by atoms with van der Waals surface area (Å²) >= 11 is 0. The van der Waals surface area contributed by atoms with Gasteiger partial charge >= 0.3 is 0 Å². The van der Waals surface area contributed by atoms with Crippen molar-refractivity contribution >= 4 is 11.1 Å². The van der Waals surface area contributed by atoms with E-state index in [1.807, 2.05) is 32.2 Å². The van der Waals surface area contributed by atoms with E-state index in [9.17, 15) is 5.26 Å². The number of rotatable bonds is 4. The first-order valence-electron chi connectivity index (χ1n) is 6.50. The van der Waals surface area contributed by atoms with E-state index in [2.05, 4.69) is 30.2 Å². The first-order valence-corrected chi connectivity index (χ1v) is 6.50. The van der Waals surface area contributed by atoms with Gasteiger partial charge in [-0.3, -0.25) is 0 Å². The van der Waals surface area contributed by atoms with Gasteiger partial charge in [-0.15, -0.1) is 0 Å². The number of hydrogen-bond acceptors (Lipinski definition) is 4. The van der Waals surface area contributed by atoms with Crippen LogP contribution in [0.4, 0.5) is 0 Å². The Morgan fingerprint density at radius 2 is 2.11 bits per heavy atom. The molecule has 1 aromatic carbocycles. The second-order valence-corrected chi connectivity index (χ2v) is 5.13. The number of nitrogens with one attached hydrogen (secondary N) is 1. The third-order valence-corrected chi connectivity index (χ3v) is 3.42. The summed E-state index contributed by atoms with van der Waals surface area (Å²) in [5.41, 5.74) is 2.69. The smallest absolute Gasteiger partial charge is 0.192 e. The fourth-order valence-electron chi connectivity index (χ4n) is 2.41. The molecule has 2 rings (SSSR count). The minimum absolute atomic E-state index is 0.000180. The monoisotopic (exact) mass is 257 g/mol. The largest absolute Gasteiger partial charge is 0.441 e. The van der Waals surface area contributed by atoms with Gasteiger partial charge < -0.3 is 9.73 Å². The van der Waals surface area contributed by atoms with Crippen molar-refractivity contribution < 1.29 is 4.42 Å². The molecular formula is C15H19N3O. The van der Waals surface area contributed by atoms with Crippen LogP contribution < -0.4 is 5.32 Å². The minimum Gasteiger partial charge on any atom is -0.441 e. The molecule has 2 unspecified atom stereocenters. The van der Waals surface area contributed by atoms with Crippen molar-refractivity contribution in [1.29, 1.82) is 5.26 Å². The molecule has 1 heterocycles. The molecule has 1 N–H and O–H groups in total. The van der Waals surface area contributed by atoms with Crippen LogP contribution in [0.1, 0.15) is 31.3 Å². The minimum atomic E-state index is -0.0773. The SMILES string of the molecule is CNC(c1ccc2nc(C)oc2c1)C(C#N)C(C)C. The van der Waals surface area contributed by atoms with Crippen LogP contribution in [0.3, 0.4) is 0 Å². The lowest BCUT2D eigenvalue weighted by molar-refractivity contribution is 0.363. The fourth-order valence-corrected chi connectivity index (χ4v) is 2.41. The summed E-state index contributed by atoms with van der Waals surface area (Å²) in [6.07, 6.45) is 0. The fraction of sp³-hybridized carbons (Fsp3) is 0.467. The van der Waals surface area contributed by atoms with Gasteiger partial charge in [0.15, 0.2) is 11.5 Å². The van der Waals surface area contributed by atoms with E-state index in [1.165, 1.54) is 0 Å². The van der Waals surface area contributed by atoms with Gasteiger partial charge in [0.05, 0.1) is 12.0 Å². The van der Waals surface area contributed by atoms with Gasteiger partial charge in [-0.2, -0.15) is 5.26 Å². The molecule has 0 radical (unpaired) electrons. The van der Waals surface area contributed by atoms with Crippen molar-refractivity contribution in [2.75, 3.05) is 7.05 Å². The Kier molecular flexibility index (Phi) is 3.87. The van der Waals surface area contributed by atoms with Gasteiger partial charge in [-0.1, -0.05) is 19.9 Å². The van der Waals surface area contributed by atoms with E-state index in [0.717, 1.165) is 16.7 Å². The van der Waals surface area contributed by atoms with Gasteiger partial charge in [0.25, 0.3) is 0 Å². The summed E-state index contributed by atoms with van der Waals surface area (Å²) in [6.45, 7) is 5.96. The van der Waals surface area contributed by atoms with E-state index in [4.69, 9.17) is 4.42 Å². The predicted molar refractivity (Wildman–Crippen MR) is 74.5 cm³/mol. The Morgan fingerprint density at radius 1 is 1.37 bits per heavy atom. The molecule has 19 heavy (non-hydrogen) atoms. The van der Waals surface area contributed by atoms with Crippen molar-refractivity contribution in [3.05, 3.63) is 29.7 Å². The standard InChI is InChI=1S/C15H19N3O/c1-9(2)12(8-16)15(17-4)11-5-6-13-14(7-11)19-10(3)18-13/h5-7,9,12,15,17H,1-4H3. The van der Waals surface area contributed by atoms with Crippen LogP contribution in [0.15, 0.2) is 22.6 Å². The van der Waals surface area contributed by atoms with Gasteiger partial charge in [0.1, 0.15) is 5.52 Å². The molecule has 0 saturated carbocycles. The predicted octanol–water partition coefficient (Wildman–Crippen LogP) is 3.19. The number of fused-ring (bicyclic) bond motifs is 1. The van der Waals surface area contributed by atoms with Crippen LogP contribution >= 0.6 is 0 Å². The molecule has 4 nitrogen and oxygen atoms in total. The molecule has 0 spiro atoms. The Balaban J connectivity index is 2.43. The summed E-state index contributed by atoms with van der Waals surface area (Å²) in [4.78, 5) is 4.29. The van der Waals surface area contributed by atoms with Gasteiger partial charge in [0, 0.05) is 13.0 Å². The van der Waals surface area contributed by atoms with Crippen LogP contribution in [0.5, 0.6) is 0 Å². The molecule has 0 saturated heterocycles. The van der Waals surface area contributed by atoms with E-state index in [1.54, 1.807) is 0 Å². The first-order chi connectivity index (χ1) is 9.06. The van der Waals surface area contributed by atoms with Crippen LogP contribution in [-0.4, -0.2) is 12.0 Å². The van der Waals surface area contributed by atoms with E-state index in [0.29, 0.717) is 5.89 Å². The highest BCUT2D eigenvalue weighted by molar-refractivity contribution is 5.73. The van der Waals surface area contributed by atoms with Crippen LogP contribution in [0, 0.1) is 30.1 Å². The molecule has 0 aliphatic rings. The molecule has 0 amide bonds. The summed E-state index contributed by atoms with van der Waals surface area (Å²) in [6, 6.07) is 8.33. The van der Waals surface area contributed by atoms with Crippen molar-refractivity contribution in [2.24, 2.45) is 11.8 Å². The maximum atomic E-state index is 9.35. The zero-order valence-corrected chi connectivity index (χ0v) is 11.8. The first kappa shape index (κ1) is 13.6. The molecule has 1 aromatic heterocycles. The number of hydrogen-bond donors (Lipinski definition) is 1. The number of oxazole rings is 1. The van der Waals surface area contributed by atoms with Crippen molar-refractivity contribution in [1.82, 2.24) is 10.3 Å². The third-order valence-electron chi connectivity index (χ3n) is 3.42. The molecule has 0 aliphatic heterocycles. The number of nitrogens with zero attached hydrogens (tertiary/aromatic N) is 2. The second-order valence-electron chi connectivity index (χ2n) is 5.13. The maximum Gasteiger partial charge on any atom is 0.192 e. The highest BCUT2D eigenvalue weighted by Gasteiger charge is 2.25. The normalized spacial score (nSPS) is 14.5. The second kappa shape index (κ2) is 5.41. The number of aromatic nitrogens is 1. The molecule has 0 bridgehead atoms. The molecule has 0 aliphatic carbocycles. The number of benzene rings is 1. The molecule has 2 aromatic rings. The highest BCUT2D eigenvalue weighted by atomic mass is 16.3. The third kappa shape index (κ3) is 2.61. The topological polar surface area (TPSA) is 61.9 Å². The summed E-state index contributed by atoms with van der Waals surface area (Å²) in [5, 5.41) is 12.6. The quantitative estimate of drug-likeness (QED) is 0.913. The van der Waals surface area contributed by atoms with Gasteiger partial charge in [-0.25, -0.2) is 4.98 Å². The number of aryl methyl sites for hydroxylation is 1. The van der Waals surface area contributed by atoms with Crippen LogP contribution in [-0.2, 0) is 0 Å². The average molecular weight is 257 g/mol. The zero-order valence-electron chi connectivity index (χ0n) is 11.8. The van der Waals surface area contributed by atoms with Gasteiger partial charge in [-0.05, 0) is 30.7 Å². The van der Waals surface area contributed by atoms with Crippen molar-refractivity contribution in [3.8, 4) is 6.07 Å². The maximum absolute atomic E-state index is 9.35. The van der Waals surface area contributed by atoms with Gasteiger partial charge in [0.2, 0.25) is 0 Å². The molecule has 100 valence electrons. The Hall–Kier alpha value is -1.86. The lowest BCUT2D eigenvalue weighted by Gasteiger charge is -2.24. The van der Waals surface area contributed by atoms with E-state index < -0.39 is 0 Å². The van der Waals surface area contributed by atoms with Crippen molar-refractivity contribution in [2.45, 2.75) is 26.8 Å². The van der Waals surface area contributed by atoms with E-state index >= 15 is 0 Å². The molecular weight excluding hydrogens is 238 g/mol. The average Bonchev–Trinajstić information content (AvgIpc) is 2.74. The highest BCUT2D eigenvalue weighted by Crippen LogP contribution is 2.29.